The average Bonchev–Trinajstić information content (AvgIpc) is 2.68. The molecule has 0 saturated carbocycles. The highest BCUT2D eigenvalue weighted by Gasteiger charge is 2.29. The number of anilines is 1. The van der Waals surface area contributed by atoms with Crippen LogP contribution < -0.4 is 14.8 Å². The van der Waals surface area contributed by atoms with Crippen molar-refractivity contribution in [2.75, 3.05) is 31.0 Å². The zero-order valence-corrected chi connectivity index (χ0v) is 17.3. The molecule has 2 aromatic rings. The molecular formula is C18H21N3O6S2. The van der Waals surface area contributed by atoms with E-state index in [1.54, 1.807) is 12.1 Å². The maximum absolute atomic E-state index is 12.8. The van der Waals surface area contributed by atoms with Gasteiger partial charge < -0.3 is 10.1 Å². The lowest BCUT2D eigenvalue weighted by molar-refractivity contribution is -0.122. The summed E-state index contributed by atoms with van der Waals surface area (Å²) < 4.78 is 59.5. The molecule has 9 nitrogen and oxygen atoms in total. The van der Waals surface area contributed by atoms with Crippen LogP contribution in [-0.2, 0) is 24.8 Å². The molecule has 3 rings (SSSR count). The number of carbonyl (C=O) groups is 1. The summed E-state index contributed by atoms with van der Waals surface area (Å²) in [5.74, 6) is 0.164. The number of amides is 1. The van der Waals surface area contributed by atoms with Gasteiger partial charge in [-0.2, -0.15) is 4.31 Å². The van der Waals surface area contributed by atoms with Crippen LogP contribution in [0.3, 0.4) is 0 Å². The Morgan fingerprint density at radius 1 is 1.07 bits per heavy atom. The van der Waals surface area contributed by atoms with E-state index in [9.17, 15) is 21.6 Å². The minimum atomic E-state index is -3.93. The van der Waals surface area contributed by atoms with Crippen LogP contribution in [0.25, 0.3) is 0 Å². The van der Waals surface area contributed by atoms with Crippen molar-refractivity contribution in [2.45, 2.75) is 16.7 Å². The van der Waals surface area contributed by atoms with Gasteiger partial charge in [-0.05, 0) is 49.4 Å². The largest absolute Gasteiger partial charge is 0.494 e. The summed E-state index contributed by atoms with van der Waals surface area (Å²) in [6.07, 6.45) is 0. The van der Waals surface area contributed by atoms with Gasteiger partial charge in [0.1, 0.15) is 5.75 Å². The fourth-order valence-corrected chi connectivity index (χ4v) is 5.28. The first-order valence-electron chi connectivity index (χ1n) is 8.85. The molecule has 0 aliphatic carbocycles. The highest BCUT2D eigenvalue weighted by Crippen LogP contribution is 2.23. The topological polar surface area (TPSA) is 122 Å². The van der Waals surface area contributed by atoms with Crippen molar-refractivity contribution in [2.24, 2.45) is 0 Å². The predicted molar refractivity (Wildman–Crippen MR) is 107 cm³/mol. The summed E-state index contributed by atoms with van der Waals surface area (Å²) in [6.45, 7) is 2.39. The first-order valence-corrected chi connectivity index (χ1v) is 11.8. The monoisotopic (exact) mass is 439 g/mol. The van der Waals surface area contributed by atoms with E-state index in [2.05, 4.69) is 10.0 Å². The van der Waals surface area contributed by atoms with Crippen LogP contribution in [0, 0.1) is 0 Å². The van der Waals surface area contributed by atoms with Crippen molar-refractivity contribution in [3.8, 4) is 5.75 Å². The average molecular weight is 440 g/mol. The van der Waals surface area contributed by atoms with Crippen LogP contribution in [0.15, 0.2) is 58.3 Å². The molecule has 0 bridgehead atoms. The number of hydrogen-bond acceptors (Lipinski definition) is 6. The van der Waals surface area contributed by atoms with E-state index in [1.165, 1.54) is 36.4 Å². The number of carbonyl (C=O) groups excluding carboxylic acids is 1. The Morgan fingerprint density at radius 2 is 1.79 bits per heavy atom. The van der Waals surface area contributed by atoms with Gasteiger partial charge in [0.25, 0.3) is 10.0 Å². The van der Waals surface area contributed by atoms with Crippen molar-refractivity contribution in [3.05, 3.63) is 48.5 Å². The zero-order valence-electron chi connectivity index (χ0n) is 15.7. The van der Waals surface area contributed by atoms with Gasteiger partial charge in [-0.25, -0.2) is 16.8 Å². The van der Waals surface area contributed by atoms with Crippen molar-refractivity contribution in [1.82, 2.24) is 9.62 Å². The molecule has 0 atom stereocenters. The van der Waals surface area contributed by atoms with Crippen LogP contribution >= 0.6 is 0 Å². The van der Waals surface area contributed by atoms with E-state index in [-0.39, 0.29) is 41.0 Å². The second-order valence-corrected chi connectivity index (χ2v) is 9.85. The van der Waals surface area contributed by atoms with Gasteiger partial charge >= 0.3 is 0 Å². The number of benzene rings is 2. The van der Waals surface area contributed by atoms with Crippen molar-refractivity contribution >= 4 is 31.6 Å². The SMILES string of the molecule is CCOc1ccc(S(=O)(=O)Nc2cccc(S(=O)(=O)N3CCNC(=O)C3)c2)cc1. The van der Waals surface area contributed by atoms with Gasteiger partial charge in [-0.15, -0.1) is 0 Å². The van der Waals surface area contributed by atoms with Crippen molar-refractivity contribution < 1.29 is 26.4 Å². The van der Waals surface area contributed by atoms with Gasteiger partial charge in [0, 0.05) is 13.1 Å². The number of ether oxygens (including phenoxy) is 1. The van der Waals surface area contributed by atoms with Gasteiger partial charge in [0.15, 0.2) is 0 Å². The highest BCUT2D eigenvalue weighted by atomic mass is 32.2. The summed E-state index contributed by atoms with van der Waals surface area (Å²) in [4.78, 5) is 11.4. The van der Waals surface area contributed by atoms with Crippen LogP contribution in [0.1, 0.15) is 6.92 Å². The van der Waals surface area contributed by atoms with E-state index >= 15 is 0 Å². The summed E-state index contributed by atoms with van der Waals surface area (Å²) in [7, 11) is -7.85. The van der Waals surface area contributed by atoms with Gasteiger partial charge in [-0.3, -0.25) is 9.52 Å². The number of piperazine rings is 1. The van der Waals surface area contributed by atoms with E-state index < -0.39 is 20.0 Å². The molecule has 156 valence electrons. The second-order valence-electron chi connectivity index (χ2n) is 6.23. The smallest absolute Gasteiger partial charge is 0.261 e. The first kappa shape index (κ1) is 21.1. The molecule has 11 heteroatoms. The standard InChI is InChI=1S/C18H21N3O6S2/c1-2-27-15-6-8-16(9-7-15)28(23,24)20-14-4-3-5-17(12-14)29(25,26)21-11-10-19-18(22)13-21/h3-9,12,20H,2,10-11,13H2,1H3,(H,19,22). The molecule has 0 unspecified atom stereocenters. The molecule has 1 heterocycles. The van der Waals surface area contributed by atoms with Crippen molar-refractivity contribution in [3.63, 3.8) is 0 Å². The Hall–Kier alpha value is -2.63. The molecule has 1 aliphatic heterocycles. The normalized spacial score (nSPS) is 15.6. The Balaban J connectivity index is 1.82. The van der Waals surface area contributed by atoms with E-state index in [0.29, 0.717) is 12.4 Å². The van der Waals surface area contributed by atoms with Crippen LogP contribution in [0.5, 0.6) is 5.75 Å². The maximum Gasteiger partial charge on any atom is 0.261 e. The minimum Gasteiger partial charge on any atom is -0.494 e. The zero-order chi connectivity index (χ0) is 21.1. The summed E-state index contributed by atoms with van der Waals surface area (Å²) in [5, 5.41) is 2.56. The molecule has 2 aromatic carbocycles. The summed E-state index contributed by atoms with van der Waals surface area (Å²) in [5.41, 5.74) is 0.0985. The Labute approximate surface area is 169 Å². The van der Waals surface area contributed by atoms with Crippen LogP contribution in [-0.4, -0.2) is 53.3 Å². The van der Waals surface area contributed by atoms with Crippen LogP contribution in [0.2, 0.25) is 0 Å². The third kappa shape index (κ3) is 4.86. The lowest BCUT2D eigenvalue weighted by Gasteiger charge is -2.26. The number of nitrogens with one attached hydrogen (secondary N) is 2. The third-order valence-corrected chi connectivity index (χ3v) is 7.41. The number of nitrogens with zero attached hydrogens (tertiary/aromatic N) is 1. The van der Waals surface area contributed by atoms with Gasteiger partial charge in [0.2, 0.25) is 15.9 Å². The molecule has 2 N–H and O–H groups in total. The summed E-state index contributed by atoms with van der Waals surface area (Å²) in [6, 6.07) is 11.4. The van der Waals surface area contributed by atoms with E-state index in [0.717, 1.165) is 4.31 Å². The Bertz CT molecular complexity index is 1100. The number of rotatable bonds is 7. The van der Waals surface area contributed by atoms with E-state index in [4.69, 9.17) is 4.74 Å². The molecule has 0 spiro atoms. The van der Waals surface area contributed by atoms with Gasteiger partial charge in [0.05, 0.1) is 28.6 Å². The maximum atomic E-state index is 12.8. The van der Waals surface area contributed by atoms with Gasteiger partial charge in [-0.1, -0.05) is 6.07 Å². The fraction of sp³-hybridized carbons (Fsp3) is 0.278. The quantitative estimate of drug-likeness (QED) is 0.664. The molecule has 0 aromatic heterocycles. The highest BCUT2D eigenvalue weighted by molar-refractivity contribution is 7.92. The first-order chi connectivity index (χ1) is 13.7. The molecule has 0 radical (unpaired) electrons. The Morgan fingerprint density at radius 3 is 2.45 bits per heavy atom. The minimum absolute atomic E-state index is 0.0157. The number of hydrogen-bond donors (Lipinski definition) is 2. The van der Waals surface area contributed by atoms with Crippen LogP contribution in [0.4, 0.5) is 5.69 Å². The molecule has 1 saturated heterocycles. The van der Waals surface area contributed by atoms with Crippen molar-refractivity contribution in [1.29, 1.82) is 0 Å². The lowest BCUT2D eigenvalue weighted by Crippen LogP contribution is -2.49. The second kappa shape index (κ2) is 8.39. The Kier molecular flexibility index (Phi) is 6.10. The van der Waals surface area contributed by atoms with E-state index in [1.807, 2.05) is 6.92 Å². The lowest BCUT2D eigenvalue weighted by atomic mass is 10.3. The molecule has 1 fully saturated rings. The molecule has 29 heavy (non-hydrogen) atoms. The predicted octanol–water partition coefficient (Wildman–Crippen LogP) is 1.01. The number of sulfonamides is 2. The summed E-state index contributed by atoms with van der Waals surface area (Å²) >= 11 is 0. The molecule has 1 amide bonds. The molecule has 1 aliphatic rings. The molecular weight excluding hydrogens is 418 g/mol. The third-order valence-electron chi connectivity index (χ3n) is 4.17. The fourth-order valence-electron chi connectivity index (χ4n) is 2.79.